The molecule has 0 aliphatic heterocycles. The molecule has 0 fully saturated rings. The fourth-order valence-corrected chi connectivity index (χ4v) is 5.83. The van der Waals surface area contributed by atoms with E-state index in [2.05, 4.69) is 51.1 Å². The number of nitrogens with one attached hydrogen (secondary N) is 1. The molecule has 0 spiro atoms. The van der Waals surface area contributed by atoms with E-state index < -0.39 is 6.10 Å². The maximum Gasteiger partial charge on any atom is 0.243 e. The molecule has 2 unspecified atom stereocenters. The molecule has 0 saturated carbocycles. The number of unbranched alkanes of at least 4 members (excludes halogenated alkanes) is 3. The lowest BCUT2D eigenvalue weighted by molar-refractivity contribution is -0.129. The topological polar surface area (TPSA) is 88.0 Å². The number of amides is 1. The van der Waals surface area contributed by atoms with Gasteiger partial charge in [0.25, 0.3) is 0 Å². The number of carbonyl (C=O) groups is 1. The highest BCUT2D eigenvalue weighted by atomic mass is 31.1. The summed E-state index contributed by atoms with van der Waals surface area (Å²) in [6.45, 7) is 9.10. The summed E-state index contributed by atoms with van der Waals surface area (Å²) in [5, 5.41) is 19.3. The first-order chi connectivity index (χ1) is 16.3. The van der Waals surface area contributed by atoms with E-state index in [4.69, 9.17) is 14.7 Å². The Balaban J connectivity index is 1.86. The molecule has 1 amide bonds. The quantitative estimate of drug-likeness (QED) is 0.138. The molecule has 7 heteroatoms. The Bertz CT molecular complexity index is 903. The highest BCUT2D eigenvalue weighted by molar-refractivity contribution is 7.64. The average Bonchev–Trinajstić information content (AvgIpc) is 2.81. The van der Waals surface area contributed by atoms with Crippen molar-refractivity contribution in [1.82, 2.24) is 5.48 Å². The van der Waals surface area contributed by atoms with Crippen LogP contribution in [0.1, 0.15) is 62.6 Å². The summed E-state index contributed by atoms with van der Waals surface area (Å²) >= 11 is 0. The van der Waals surface area contributed by atoms with Crippen molar-refractivity contribution >= 4 is 19.1 Å². The van der Waals surface area contributed by atoms with Gasteiger partial charge < -0.3 is 14.6 Å². The third-order valence-electron chi connectivity index (χ3n) is 5.68. The van der Waals surface area contributed by atoms with Crippen molar-refractivity contribution in [3.63, 3.8) is 0 Å². The third-order valence-corrected chi connectivity index (χ3v) is 8.20. The molecule has 0 aliphatic rings. The van der Waals surface area contributed by atoms with Crippen molar-refractivity contribution in [2.24, 2.45) is 0 Å². The zero-order valence-corrected chi connectivity index (χ0v) is 21.9. The third kappa shape index (κ3) is 9.61. The van der Waals surface area contributed by atoms with Crippen LogP contribution < -0.4 is 20.3 Å². The fraction of sp³-hybridized carbons (Fsp3) is 0.519. The normalized spacial score (nSPS) is 12.8. The van der Waals surface area contributed by atoms with Crippen LogP contribution in [0.2, 0.25) is 0 Å². The molecule has 0 bridgehead atoms. The minimum atomic E-state index is -0.478. The van der Waals surface area contributed by atoms with Crippen molar-refractivity contribution in [3.05, 3.63) is 53.1 Å². The zero-order valence-electron chi connectivity index (χ0n) is 21.0. The van der Waals surface area contributed by atoms with Gasteiger partial charge in [0.05, 0.1) is 12.7 Å². The molecule has 0 aromatic heterocycles. The van der Waals surface area contributed by atoms with E-state index in [1.165, 1.54) is 10.9 Å². The number of carbonyl (C=O) groups excluding carboxylic acids is 1. The highest BCUT2D eigenvalue weighted by Gasteiger charge is 2.13. The maximum atomic E-state index is 11.0. The van der Waals surface area contributed by atoms with Gasteiger partial charge >= 0.3 is 0 Å². The van der Waals surface area contributed by atoms with E-state index in [0.29, 0.717) is 19.6 Å². The van der Waals surface area contributed by atoms with Crippen LogP contribution in [0.5, 0.6) is 11.5 Å². The smallest absolute Gasteiger partial charge is 0.243 e. The standard InChI is InChI=1S/C27H40NO5P/c1-5-34(24-12-14-26(21(3)17-24)33-18-22(4)29)19-23-11-13-25(20(2)16-23)32-15-9-7-6-8-10-27(30)28-31/h11-14,16-17,22,29,31H,5-10,15,18-19H2,1-4H3,(H,28,30). The van der Waals surface area contributed by atoms with E-state index in [-0.39, 0.29) is 13.8 Å². The van der Waals surface area contributed by atoms with Gasteiger partial charge in [0.1, 0.15) is 18.1 Å². The Morgan fingerprint density at radius 2 is 1.68 bits per heavy atom. The Morgan fingerprint density at radius 3 is 2.32 bits per heavy atom. The molecule has 2 atom stereocenters. The highest BCUT2D eigenvalue weighted by Crippen LogP contribution is 2.40. The molecule has 0 saturated heterocycles. The summed E-state index contributed by atoms with van der Waals surface area (Å²) in [6, 6.07) is 12.9. The van der Waals surface area contributed by atoms with Crippen LogP contribution in [-0.4, -0.2) is 41.7 Å². The van der Waals surface area contributed by atoms with Crippen LogP contribution in [0.25, 0.3) is 0 Å². The number of aryl methyl sites for hydroxylation is 2. The van der Waals surface area contributed by atoms with Crippen LogP contribution in [0.4, 0.5) is 0 Å². The lowest BCUT2D eigenvalue weighted by Gasteiger charge is -2.19. The summed E-state index contributed by atoms with van der Waals surface area (Å²) in [5.41, 5.74) is 5.25. The average molecular weight is 490 g/mol. The van der Waals surface area contributed by atoms with Gasteiger partial charge in [-0.3, -0.25) is 10.0 Å². The second-order valence-electron chi connectivity index (χ2n) is 8.77. The summed E-state index contributed by atoms with van der Waals surface area (Å²) in [5.74, 6) is 1.44. The van der Waals surface area contributed by atoms with Crippen molar-refractivity contribution < 1.29 is 24.6 Å². The summed E-state index contributed by atoms with van der Waals surface area (Å²) in [7, 11) is -0.318. The van der Waals surface area contributed by atoms with Crippen LogP contribution in [-0.2, 0) is 11.0 Å². The Hall–Kier alpha value is -2.14. The van der Waals surface area contributed by atoms with E-state index >= 15 is 0 Å². The Kier molecular flexibility index (Phi) is 12.4. The van der Waals surface area contributed by atoms with Gasteiger partial charge in [0.15, 0.2) is 0 Å². The summed E-state index contributed by atoms with van der Waals surface area (Å²) in [4.78, 5) is 11.0. The van der Waals surface area contributed by atoms with E-state index in [1.807, 2.05) is 6.07 Å². The number of benzene rings is 2. The summed E-state index contributed by atoms with van der Waals surface area (Å²) in [6.07, 6.45) is 5.69. The molecule has 3 N–H and O–H groups in total. The molecule has 34 heavy (non-hydrogen) atoms. The maximum absolute atomic E-state index is 11.0. The minimum Gasteiger partial charge on any atom is -0.493 e. The Morgan fingerprint density at radius 1 is 1.00 bits per heavy atom. The molecule has 2 rings (SSSR count). The van der Waals surface area contributed by atoms with Gasteiger partial charge in [-0.05, 0) is 86.1 Å². The fourth-order valence-electron chi connectivity index (χ4n) is 3.76. The molecule has 188 valence electrons. The predicted octanol–water partition coefficient (Wildman–Crippen LogP) is 5.23. The first-order valence-electron chi connectivity index (χ1n) is 12.2. The number of hydrogen-bond acceptors (Lipinski definition) is 5. The van der Waals surface area contributed by atoms with Gasteiger partial charge in [-0.2, -0.15) is 0 Å². The molecule has 0 heterocycles. The predicted molar refractivity (Wildman–Crippen MR) is 139 cm³/mol. The van der Waals surface area contributed by atoms with Crippen molar-refractivity contribution in [2.45, 2.75) is 72.1 Å². The van der Waals surface area contributed by atoms with E-state index in [9.17, 15) is 9.90 Å². The molecule has 2 aromatic carbocycles. The minimum absolute atomic E-state index is 0.305. The van der Waals surface area contributed by atoms with Crippen molar-refractivity contribution in [2.75, 3.05) is 19.4 Å². The largest absolute Gasteiger partial charge is 0.493 e. The number of hydrogen-bond donors (Lipinski definition) is 3. The van der Waals surface area contributed by atoms with Crippen LogP contribution >= 0.6 is 7.92 Å². The van der Waals surface area contributed by atoms with Gasteiger partial charge in [0, 0.05) is 6.42 Å². The molecule has 0 aliphatic carbocycles. The van der Waals surface area contributed by atoms with Crippen LogP contribution in [0.15, 0.2) is 36.4 Å². The van der Waals surface area contributed by atoms with E-state index in [1.54, 1.807) is 12.4 Å². The molecular weight excluding hydrogens is 449 g/mol. The second kappa shape index (κ2) is 15.0. The number of aliphatic hydroxyl groups excluding tert-OH is 1. The van der Waals surface area contributed by atoms with Crippen LogP contribution in [0, 0.1) is 13.8 Å². The first-order valence-corrected chi connectivity index (χ1v) is 13.9. The lowest BCUT2D eigenvalue weighted by atomic mass is 10.1. The van der Waals surface area contributed by atoms with Gasteiger partial charge in [-0.25, -0.2) is 5.48 Å². The zero-order chi connectivity index (χ0) is 24.9. The monoisotopic (exact) mass is 489 g/mol. The van der Waals surface area contributed by atoms with Crippen molar-refractivity contribution in [3.8, 4) is 11.5 Å². The lowest BCUT2D eigenvalue weighted by Crippen LogP contribution is -2.17. The number of hydroxylamine groups is 1. The molecular formula is C27H40NO5P. The molecule has 0 radical (unpaired) electrons. The van der Waals surface area contributed by atoms with E-state index in [0.717, 1.165) is 60.6 Å². The summed E-state index contributed by atoms with van der Waals surface area (Å²) < 4.78 is 11.7. The van der Waals surface area contributed by atoms with Gasteiger partial charge in [-0.15, -0.1) is 0 Å². The van der Waals surface area contributed by atoms with Crippen LogP contribution in [0.3, 0.4) is 0 Å². The number of rotatable bonds is 15. The van der Waals surface area contributed by atoms with Gasteiger partial charge in [-0.1, -0.05) is 45.9 Å². The molecule has 6 nitrogen and oxygen atoms in total. The second-order valence-corrected chi connectivity index (χ2v) is 11.3. The van der Waals surface area contributed by atoms with Crippen molar-refractivity contribution in [1.29, 1.82) is 0 Å². The SMILES string of the molecule is CCP(Cc1ccc(OCCCCCCC(=O)NO)c(C)c1)c1ccc(OCC(C)O)c(C)c1. The Labute approximate surface area is 205 Å². The van der Waals surface area contributed by atoms with Gasteiger partial charge in [0.2, 0.25) is 5.91 Å². The number of aliphatic hydroxyl groups is 1. The first kappa shape index (κ1) is 28.1. The number of ether oxygens (including phenoxy) is 2. The molecule has 2 aromatic rings.